The fourth-order valence-corrected chi connectivity index (χ4v) is 5.80. The standard InChI is InChI=1S/C29H31N5O7/c30-26(37)22(35)10-9-19(32-28(39)24-14-18-4-1-2-6-23(18)41-24)27(38)33-20-5-3-11-34(29(20)40)15-25(36)31-21-13-16-7-8-17(21)12-16/h1-6,11,14,16-17,19,21H,7-10,12-13,15H2,(H2,30,37)(H,31,36)(H,32,39)(H,33,38). The lowest BCUT2D eigenvalue weighted by Gasteiger charge is -2.23. The number of hydrogen-bond acceptors (Lipinski definition) is 7. The van der Waals surface area contributed by atoms with Crippen LogP contribution in [0, 0.1) is 11.8 Å². The van der Waals surface area contributed by atoms with Crippen LogP contribution in [0.3, 0.4) is 0 Å². The molecule has 2 heterocycles. The Labute approximate surface area is 234 Å². The first kappa shape index (κ1) is 27.8. The number of fused-ring (bicyclic) bond motifs is 3. The first-order valence-corrected chi connectivity index (χ1v) is 13.6. The summed E-state index contributed by atoms with van der Waals surface area (Å²) in [6, 6.07) is 10.2. The molecule has 5 N–H and O–H groups in total. The summed E-state index contributed by atoms with van der Waals surface area (Å²) in [6.45, 7) is -0.213. The van der Waals surface area contributed by atoms with Crippen LogP contribution >= 0.6 is 0 Å². The van der Waals surface area contributed by atoms with E-state index in [1.807, 2.05) is 0 Å². The van der Waals surface area contributed by atoms with Crippen LogP contribution in [-0.4, -0.2) is 46.1 Å². The number of rotatable bonds is 11. The Morgan fingerprint density at radius 1 is 1.05 bits per heavy atom. The fourth-order valence-electron chi connectivity index (χ4n) is 5.80. The number of aromatic nitrogens is 1. The Bertz CT molecular complexity index is 1540. The van der Waals surface area contributed by atoms with Gasteiger partial charge in [0.1, 0.15) is 23.9 Å². The van der Waals surface area contributed by atoms with Gasteiger partial charge in [-0.15, -0.1) is 0 Å². The number of anilines is 1. The molecule has 0 radical (unpaired) electrons. The van der Waals surface area contributed by atoms with Crippen molar-refractivity contribution in [2.24, 2.45) is 17.6 Å². The summed E-state index contributed by atoms with van der Waals surface area (Å²) in [4.78, 5) is 75.0. The lowest BCUT2D eigenvalue weighted by Crippen LogP contribution is -2.45. The van der Waals surface area contributed by atoms with Crippen LogP contribution in [0.4, 0.5) is 5.69 Å². The van der Waals surface area contributed by atoms with Crippen molar-refractivity contribution in [2.45, 2.75) is 57.2 Å². The van der Waals surface area contributed by atoms with E-state index in [4.69, 9.17) is 10.2 Å². The zero-order chi connectivity index (χ0) is 29.1. The van der Waals surface area contributed by atoms with Gasteiger partial charge in [0.2, 0.25) is 17.6 Å². The highest BCUT2D eigenvalue weighted by atomic mass is 16.3. The predicted molar refractivity (Wildman–Crippen MR) is 148 cm³/mol. The number of carbonyl (C=O) groups is 5. The predicted octanol–water partition coefficient (Wildman–Crippen LogP) is 1.47. The number of amides is 4. The minimum Gasteiger partial charge on any atom is -0.451 e. The summed E-state index contributed by atoms with van der Waals surface area (Å²) in [5, 5.41) is 8.70. The minimum atomic E-state index is -1.31. The van der Waals surface area contributed by atoms with Crippen LogP contribution < -0.4 is 27.2 Å². The molecule has 1 aromatic carbocycles. The molecular formula is C29H31N5O7. The molecule has 4 unspecified atom stereocenters. The number of nitrogens with one attached hydrogen (secondary N) is 3. The van der Waals surface area contributed by atoms with Gasteiger partial charge in [0.05, 0.1) is 0 Å². The molecule has 5 rings (SSSR count). The topological polar surface area (TPSA) is 183 Å². The average molecular weight is 562 g/mol. The van der Waals surface area contributed by atoms with E-state index in [9.17, 15) is 28.8 Å². The maximum Gasteiger partial charge on any atom is 0.287 e. The van der Waals surface area contributed by atoms with Gasteiger partial charge in [-0.1, -0.05) is 24.6 Å². The number of benzene rings is 1. The van der Waals surface area contributed by atoms with Crippen molar-refractivity contribution in [3.63, 3.8) is 0 Å². The van der Waals surface area contributed by atoms with Gasteiger partial charge >= 0.3 is 0 Å². The van der Waals surface area contributed by atoms with Crippen molar-refractivity contribution in [1.82, 2.24) is 15.2 Å². The third-order valence-electron chi connectivity index (χ3n) is 7.88. The third kappa shape index (κ3) is 6.37. The second kappa shape index (κ2) is 11.8. The number of para-hydroxylation sites is 1. The van der Waals surface area contributed by atoms with Crippen LogP contribution in [0.2, 0.25) is 0 Å². The third-order valence-corrected chi connectivity index (χ3v) is 7.88. The molecule has 2 aliphatic rings. The van der Waals surface area contributed by atoms with Crippen molar-refractivity contribution in [3.8, 4) is 0 Å². The lowest BCUT2D eigenvalue weighted by atomic mass is 9.95. The van der Waals surface area contributed by atoms with Crippen LogP contribution in [0.15, 0.2) is 57.9 Å². The molecule has 2 fully saturated rings. The number of primary amides is 1. The first-order valence-electron chi connectivity index (χ1n) is 13.6. The van der Waals surface area contributed by atoms with E-state index in [-0.39, 0.29) is 36.4 Å². The summed E-state index contributed by atoms with van der Waals surface area (Å²) in [7, 11) is 0. The van der Waals surface area contributed by atoms with Gasteiger partial charge < -0.3 is 30.7 Å². The molecule has 4 amide bonds. The summed E-state index contributed by atoms with van der Waals surface area (Å²) >= 11 is 0. The van der Waals surface area contributed by atoms with Gasteiger partial charge in [-0.05, 0) is 61.8 Å². The van der Waals surface area contributed by atoms with Gasteiger partial charge in [-0.25, -0.2) is 0 Å². The van der Waals surface area contributed by atoms with Crippen molar-refractivity contribution in [3.05, 3.63) is 64.8 Å². The fraction of sp³-hybridized carbons (Fsp3) is 0.379. The van der Waals surface area contributed by atoms with E-state index >= 15 is 0 Å². The van der Waals surface area contributed by atoms with Crippen molar-refractivity contribution in [1.29, 1.82) is 0 Å². The maximum atomic E-state index is 13.2. The van der Waals surface area contributed by atoms with Crippen LogP contribution in [0.1, 0.15) is 49.1 Å². The zero-order valence-corrected chi connectivity index (χ0v) is 22.3. The van der Waals surface area contributed by atoms with E-state index in [1.165, 1.54) is 35.4 Å². The molecular weight excluding hydrogens is 530 g/mol. The molecule has 214 valence electrons. The van der Waals surface area contributed by atoms with E-state index in [0.717, 1.165) is 19.3 Å². The van der Waals surface area contributed by atoms with Gasteiger partial charge in [0.15, 0.2) is 5.76 Å². The van der Waals surface area contributed by atoms with Crippen LogP contribution in [0.5, 0.6) is 0 Å². The van der Waals surface area contributed by atoms with Gasteiger partial charge in [0.25, 0.3) is 17.4 Å². The first-order chi connectivity index (χ1) is 19.7. The van der Waals surface area contributed by atoms with E-state index in [2.05, 4.69) is 16.0 Å². The number of furan rings is 1. The maximum absolute atomic E-state index is 13.2. The van der Waals surface area contributed by atoms with Crippen molar-refractivity contribution in [2.75, 3.05) is 5.32 Å². The Morgan fingerprint density at radius 2 is 1.85 bits per heavy atom. The molecule has 12 heteroatoms. The van der Waals surface area contributed by atoms with E-state index < -0.39 is 41.5 Å². The molecule has 2 aromatic heterocycles. The zero-order valence-electron chi connectivity index (χ0n) is 22.3. The second-order valence-corrected chi connectivity index (χ2v) is 10.7. The average Bonchev–Trinajstić information content (AvgIpc) is 3.68. The molecule has 0 spiro atoms. The molecule has 41 heavy (non-hydrogen) atoms. The number of nitrogens with zero attached hydrogens (tertiary/aromatic N) is 1. The molecule has 2 aliphatic carbocycles. The molecule has 0 aliphatic heterocycles. The molecule has 0 saturated heterocycles. The highest BCUT2D eigenvalue weighted by molar-refractivity contribution is 6.35. The highest BCUT2D eigenvalue weighted by Gasteiger charge is 2.40. The number of pyridine rings is 1. The highest BCUT2D eigenvalue weighted by Crippen LogP contribution is 2.44. The number of hydrogen-bond donors (Lipinski definition) is 4. The van der Waals surface area contributed by atoms with Crippen LogP contribution in [0.25, 0.3) is 11.0 Å². The number of nitrogens with two attached hydrogens (primary N) is 1. The quantitative estimate of drug-likeness (QED) is 0.256. The Hall–Kier alpha value is -4.74. The van der Waals surface area contributed by atoms with Gasteiger partial charge in [-0.3, -0.25) is 28.8 Å². The molecule has 2 saturated carbocycles. The van der Waals surface area contributed by atoms with Gasteiger partial charge in [0, 0.05) is 24.0 Å². The number of carbonyl (C=O) groups excluding carboxylic acids is 5. The summed E-state index contributed by atoms with van der Waals surface area (Å²) in [5.41, 5.74) is 4.78. The molecule has 4 atom stereocenters. The van der Waals surface area contributed by atoms with Crippen LogP contribution in [-0.2, 0) is 25.7 Å². The molecule has 2 bridgehead atoms. The number of Topliss-reactive ketones (excluding diaryl/α,β-unsaturated/α-hetero) is 1. The monoisotopic (exact) mass is 561 g/mol. The molecule has 3 aromatic rings. The Balaban J connectivity index is 1.27. The largest absolute Gasteiger partial charge is 0.451 e. The summed E-state index contributed by atoms with van der Waals surface area (Å²) in [6.07, 6.45) is 5.18. The smallest absolute Gasteiger partial charge is 0.287 e. The Morgan fingerprint density at radius 3 is 2.56 bits per heavy atom. The lowest BCUT2D eigenvalue weighted by molar-refractivity contribution is -0.136. The van der Waals surface area contributed by atoms with Crippen molar-refractivity contribution < 1.29 is 28.4 Å². The SMILES string of the molecule is NC(=O)C(=O)CCC(NC(=O)c1cc2ccccc2o1)C(=O)Nc1cccn(CC(=O)NC2CC3CCC2C3)c1=O. The summed E-state index contributed by atoms with van der Waals surface area (Å²) < 4.78 is 6.74. The normalized spacial score (nSPS) is 20.0. The van der Waals surface area contributed by atoms with E-state index in [1.54, 1.807) is 24.3 Å². The van der Waals surface area contributed by atoms with Gasteiger partial charge in [-0.2, -0.15) is 0 Å². The number of ketones is 1. The minimum absolute atomic E-state index is 0.0613. The Kier molecular flexibility index (Phi) is 7.99. The second-order valence-electron chi connectivity index (χ2n) is 10.7. The summed E-state index contributed by atoms with van der Waals surface area (Å²) in [5.74, 6) is -2.80. The van der Waals surface area contributed by atoms with Crippen molar-refractivity contribution >= 4 is 46.1 Å². The van der Waals surface area contributed by atoms with E-state index in [0.29, 0.717) is 22.8 Å². The molecule has 12 nitrogen and oxygen atoms in total.